The summed E-state index contributed by atoms with van der Waals surface area (Å²) in [4.78, 5) is 13.9. The molecule has 7 rings (SSSR count). The number of rotatable bonds is 5. The highest BCUT2D eigenvalue weighted by Crippen LogP contribution is 2.37. The Hall–Kier alpha value is -4.38. The predicted octanol–water partition coefficient (Wildman–Crippen LogP) is 4.64. The number of hydrogen-bond donors (Lipinski definition) is 1. The van der Waals surface area contributed by atoms with E-state index in [-0.39, 0.29) is 6.04 Å². The van der Waals surface area contributed by atoms with Gasteiger partial charge in [0.05, 0.1) is 31.0 Å². The molecule has 0 unspecified atom stereocenters. The normalized spacial score (nSPS) is 17.8. The summed E-state index contributed by atoms with van der Waals surface area (Å²) < 4.78 is 35.7. The lowest BCUT2D eigenvalue weighted by molar-refractivity contribution is 0.122. The van der Waals surface area contributed by atoms with Gasteiger partial charge in [-0.2, -0.15) is 10.2 Å². The van der Waals surface area contributed by atoms with Gasteiger partial charge in [-0.3, -0.25) is 5.10 Å². The van der Waals surface area contributed by atoms with Crippen molar-refractivity contribution in [2.45, 2.75) is 18.9 Å². The van der Waals surface area contributed by atoms with E-state index in [1.54, 1.807) is 10.7 Å². The van der Waals surface area contributed by atoms with Gasteiger partial charge in [0.25, 0.3) is 0 Å². The van der Waals surface area contributed by atoms with Gasteiger partial charge in [-0.05, 0) is 61.4 Å². The number of H-pyrrole nitrogens is 1. The largest absolute Gasteiger partial charge is 0.378 e. The molecule has 1 N–H and O–H groups in total. The van der Waals surface area contributed by atoms with Gasteiger partial charge >= 0.3 is 0 Å². The second-order valence-electron chi connectivity index (χ2n) is 9.78. The number of anilines is 2. The fraction of sp³-hybridized carbons (Fsp3) is 0.286. The number of hydrogen-bond acceptors (Lipinski definition) is 7. The molecule has 0 spiro atoms. The molecule has 198 valence electrons. The molecule has 3 aromatic heterocycles. The highest BCUT2D eigenvalue weighted by Gasteiger charge is 2.30. The lowest BCUT2D eigenvalue weighted by Gasteiger charge is -2.28. The molecule has 0 aliphatic carbocycles. The van der Waals surface area contributed by atoms with Gasteiger partial charge in [0, 0.05) is 42.6 Å². The van der Waals surface area contributed by atoms with E-state index in [0.717, 1.165) is 56.5 Å². The zero-order chi connectivity index (χ0) is 26.3. The van der Waals surface area contributed by atoms with Crippen LogP contribution >= 0.6 is 0 Å². The van der Waals surface area contributed by atoms with E-state index in [9.17, 15) is 8.78 Å². The third-order valence-electron chi connectivity index (χ3n) is 7.46. The minimum atomic E-state index is -0.448. The number of halogens is 2. The molecule has 39 heavy (non-hydrogen) atoms. The fourth-order valence-corrected chi connectivity index (χ4v) is 5.47. The van der Waals surface area contributed by atoms with Crippen LogP contribution in [-0.4, -0.2) is 62.6 Å². The first-order valence-electron chi connectivity index (χ1n) is 13.1. The molecule has 1 atom stereocenters. The summed E-state index contributed by atoms with van der Waals surface area (Å²) in [5.41, 5.74) is 3.70. The Kier molecular flexibility index (Phi) is 5.92. The number of fused-ring (bicyclic) bond motifs is 1. The maximum Gasteiger partial charge on any atom is 0.181 e. The van der Waals surface area contributed by atoms with Crippen molar-refractivity contribution in [3.63, 3.8) is 0 Å². The van der Waals surface area contributed by atoms with Crippen LogP contribution in [0.1, 0.15) is 24.4 Å². The summed E-state index contributed by atoms with van der Waals surface area (Å²) in [5.74, 6) is 0.948. The molecule has 2 aromatic carbocycles. The number of aromatic nitrogens is 6. The number of aromatic amines is 1. The van der Waals surface area contributed by atoms with Crippen molar-refractivity contribution in [2.24, 2.45) is 0 Å². The van der Waals surface area contributed by atoms with Crippen molar-refractivity contribution in [3.05, 3.63) is 78.1 Å². The molecule has 0 amide bonds. The first kappa shape index (κ1) is 23.7. The van der Waals surface area contributed by atoms with E-state index >= 15 is 0 Å². The number of nitrogens with one attached hydrogen (secondary N) is 1. The van der Waals surface area contributed by atoms with Crippen LogP contribution in [-0.2, 0) is 4.74 Å². The molecule has 11 heteroatoms. The molecule has 2 aliphatic heterocycles. The third kappa shape index (κ3) is 4.38. The van der Waals surface area contributed by atoms with Crippen molar-refractivity contribution in [1.29, 1.82) is 0 Å². The van der Waals surface area contributed by atoms with Gasteiger partial charge in [0.2, 0.25) is 0 Å². The van der Waals surface area contributed by atoms with Crippen LogP contribution in [0.25, 0.3) is 28.4 Å². The SMILES string of the molecule is Fc1ccc(F)c([C@H]2CCCN2c2ccn3ncc(-c4nc(-c5ccc(N6CCOCC6)cc5)n[nH]4)c3n2)c1. The second-order valence-corrected chi connectivity index (χ2v) is 9.78. The maximum atomic E-state index is 14.6. The Morgan fingerprint density at radius 1 is 0.949 bits per heavy atom. The second kappa shape index (κ2) is 9.73. The van der Waals surface area contributed by atoms with Gasteiger partial charge in [0.1, 0.15) is 17.5 Å². The van der Waals surface area contributed by atoms with Crippen molar-refractivity contribution >= 4 is 17.2 Å². The molecular formula is C28H26F2N8O. The molecule has 0 radical (unpaired) electrons. The van der Waals surface area contributed by atoms with Crippen LogP contribution in [0.3, 0.4) is 0 Å². The Morgan fingerprint density at radius 3 is 2.64 bits per heavy atom. The molecule has 5 heterocycles. The lowest BCUT2D eigenvalue weighted by atomic mass is 10.0. The van der Waals surface area contributed by atoms with Crippen LogP contribution < -0.4 is 9.80 Å². The van der Waals surface area contributed by atoms with Crippen LogP contribution in [0, 0.1) is 11.6 Å². The molecule has 0 saturated carbocycles. The van der Waals surface area contributed by atoms with E-state index < -0.39 is 11.6 Å². The van der Waals surface area contributed by atoms with E-state index in [1.807, 2.05) is 29.3 Å². The molecule has 0 bridgehead atoms. The van der Waals surface area contributed by atoms with Crippen molar-refractivity contribution in [3.8, 4) is 22.8 Å². The summed E-state index contributed by atoms with van der Waals surface area (Å²) in [6.45, 7) is 3.93. The average molecular weight is 529 g/mol. The number of morpholine rings is 1. The number of nitrogens with zero attached hydrogens (tertiary/aromatic N) is 7. The van der Waals surface area contributed by atoms with Gasteiger partial charge in [-0.15, -0.1) is 0 Å². The van der Waals surface area contributed by atoms with Gasteiger partial charge < -0.3 is 14.5 Å². The number of benzene rings is 2. The summed E-state index contributed by atoms with van der Waals surface area (Å²) in [6.07, 6.45) is 5.09. The summed E-state index contributed by atoms with van der Waals surface area (Å²) >= 11 is 0. The van der Waals surface area contributed by atoms with Crippen LogP contribution in [0.15, 0.2) is 60.9 Å². The molecule has 2 saturated heterocycles. The minimum absolute atomic E-state index is 0.292. The molecule has 2 fully saturated rings. The highest BCUT2D eigenvalue weighted by atomic mass is 19.1. The smallest absolute Gasteiger partial charge is 0.181 e. The molecular weight excluding hydrogens is 502 g/mol. The van der Waals surface area contributed by atoms with Crippen molar-refractivity contribution < 1.29 is 13.5 Å². The lowest BCUT2D eigenvalue weighted by Crippen LogP contribution is -2.36. The zero-order valence-electron chi connectivity index (χ0n) is 21.1. The van der Waals surface area contributed by atoms with Gasteiger partial charge in [-0.1, -0.05) is 0 Å². The molecule has 9 nitrogen and oxygen atoms in total. The van der Waals surface area contributed by atoms with E-state index in [1.165, 1.54) is 12.1 Å². The fourth-order valence-electron chi connectivity index (χ4n) is 5.47. The van der Waals surface area contributed by atoms with Crippen LogP contribution in [0.4, 0.5) is 20.3 Å². The van der Waals surface area contributed by atoms with Gasteiger partial charge in [-0.25, -0.2) is 23.3 Å². The monoisotopic (exact) mass is 528 g/mol. The zero-order valence-corrected chi connectivity index (χ0v) is 21.1. The van der Waals surface area contributed by atoms with Crippen molar-refractivity contribution in [2.75, 3.05) is 42.6 Å². The summed E-state index contributed by atoms with van der Waals surface area (Å²) in [7, 11) is 0. The maximum absolute atomic E-state index is 14.6. The first-order chi connectivity index (χ1) is 19.1. The van der Waals surface area contributed by atoms with Crippen molar-refractivity contribution in [1.82, 2.24) is 29.8 Å². The Morgan fingerprint density at radius 2 is 1.79 bits per heavy atom. The van der Waals surface area contributed by atoms with Crippen LogP contribution in [0.2, 0.25) is 0 Å². The Bertz CT molecular complexity index is 1630. The Balaban J connectivity index is 1.17. The topological polar surface area (TPSA) is 87.5 Å². The van der Waals surface area contributed by atoms with Crippen LogP contribution in [0.5, 0.6) is 0 Å². The van der Waals surface area contributed by atoms with E-state index in [0.29, 0.717) is 40.8 Å². The molecule has 2 aliphatic rings. The highest BCUT2D eigenvalue weighted by molar-refractivity contribution is 5.74. The van der Waals surface area contributed by atoms with E-state index in [4.69, 9.17) is 14.7 Å². The quantitative estimate of drug-likeness (QED) is 0.356. The first-order valence-corrected chi connectivity index (χ1v) is 13.1. The summed E-state index contributed by atoms with van der Waals surface area (Å²) in [6, 6.07) is 13.4. The van der Waals surface area contributed by atoms with Gasteiger partial charge in [0.15, 0.2) is 17.3 Å². The minimum Gasteiger partial charge on any atom is -0.378 e. The third-order valence-corrected chi connectivity index (χ3v) is 7.46. The average Bonchev–Trinajstić information content (AvgIpc) is 3.74. The molecule has 5 aromatic rings. The summed E-state index contributed by atoms with van der Waals surface area (Å²) in [5, 5.41) is 11.9. The standard InChI is InChI=1S/C28H26F2N8O/c29-19-5-8-23(30)21(16-19)24-2-1-10-37(24)25-9-11-38-28(32-25)22(17-31-38)27-33-26(34-35-27)18-3-6-20(7-4-18)36-12-14-39-15-13-36/h3-9,11,16-17,24H,1-2,10,12-15H2,(H,33,34,35)/t24-/m1/s1. The van der Waals surface area contributed by atoms with E-state index in [2.05, 4.69) is 32.3 Å². The predicted molar refractivity (Wildman–Crippen MR) is 143 cm³/mol. The number of ether oxygens (including phenoxy) is 1. The Labute approximate surface area is 223 Å².